The maximum absolute atomic E-state index is 6.16. The Labute approximate surface area is 190 Å². The van der Waals surface area contributed by atoms with Crippen molar-refractivity contribution in [3.05, 3.63) is 41.6 Å². The van der Waals surface area contributed by atoms with Crippen molar-refractivity contribution in [2.75, 3.05) is 18.5 Å². The van der Waals surface area contributed by atoms with Crippen LogP contribution < -0.4 is 10.1 Å². The first-order valence-electron chi connectivity index (χ1n) is 10.8. The van der Waals surface area contributed by atoms with Crippen LogP contribution in [-0.2, 0) is 4.43 Å². The smallest absolute Gasteiger partial charge is 0.230 e. The second kappa shape index (κ2) is 9.98. The van der Waals surface area contributed by atoms with Crippen molar-refractivity contribution in [1.82, 2.24) is 9.97 Å². The summed E-state index contributed by atoms with van der Waals surface area (Å²) in [6.45, 7) is 21.0. The summed E-state index contributed by atoms with van der Waals surface area (Å²) in [6, 6.07) is 7.95. The maximum Gasteiger partial charge on any atom is 0.230 e. The summed E-state index contributed by atoms with van der Waals surface area (Å²) in [5.74, 6) is 4.34. The molecular weight excluding hydrogens is 418 g/mol. The van der Waals surface area contributed by atoms with Gasteiger partial charge >= 0.3 is 0 Å². The van der Waals surface area contributed by atoms with Crippen LogP contribution in [-0.4, -0.2) is 39.6 Å². The highest BCUT2D eigenvalue weighted by molar-refractivity contribution is 6.83. The summed E-state index contributed by atoms with van der Waals surface area (Å²) in [6.07, 6.45) is 1.70. The quantitative estimate of drug-likeness (QED) is 0.308. The Bertz CT molecular complexity index is 952. The van der Waals surface area contributed by atoms with Gasteiger partial charge in [0.15, 0.2) is 8.32 Å². The zero-order valence-electron chi connectivity index (χ0n) is 20.5. The number of rotatable bonds is 7. The van der Waals surface area contributed by atoms with Gasteiger partial charge in [-0.05, 0) is 48.8 Å². The van der Waals surface area contributed by atoms with Gasteiger partial charge in [0.1, 0.15) is 14.7 Å². The van der Waals surface area contributed by atoms with E-state index in [1.807, 2.05) is 6.07 Å². The second-order valence-corrected chi connectivity index (χ2v) is 19.9. The van der Waals surface area contributed by atoms with E-state index < -0.39 is 16.4 Å². The standard InChI is InChI=1S/C24H37N3O2Si2/c1-19-16-20(11-15-30(5,6)7)18-21(17-19)26-23-25-12-10-22(27-23)28-13-14-29-31(8,9)24(2,3)4/h10,12,16-18H,13-14H2,1-9H3,(H,25,26,27). The van der Waals surface area contributed by atoms with Crippen molar-refractivity contribution in [3.63, 3.8) is 0 Å². The molecule has 0 amide bonds. The molecule has 0 atom stereocenters. The summed E-state index contributed by atoms with van der Waals surface area (Å²) < 4.78 is 12.0. The maximum atomic E-state index is 6.16. The normalized spacial score (nSPS) is 12.2. The average molecular weight is 456 g/mol. The lowest BCUT2D eigenvalue weighted by atomic mass is 10.1. The third kappa shape index (κ3) is 8.48. The average Bonchev–Trinajstić information content (AvgIpc) is 2.62. The topological polar surface area (TPSA) is 56.3 Å². The SMILES string of the molecule is Cc1cc(C#C[Si](C)(C)C)cc(Nc2nccc(OCCO[Si](C)(C)C(C)(C)C)n2)c1. The van der Waals surface area contributed by atoms with Crippen molar-refractivity contribution < 1.29 is 9.16 Å². The number of hydrogen-bond acceptors (Lipinski definition) is 5. The molecule has 2 aromatic rings. The van der Waals surface area contributed by atoms with E-state index in [-0.39, 0.29) is 5.04 Å². The van der Waals surface area contributed by atoms with Crippen LogP contribution in [0.3, 0.4) is 0 Å². The van der Waals surface area contributed by atoms with Gasteiger partial charge in [0, 0.05) is 23.5 Å². The number of nitrogens with zero attached hydrogens (tertiary/aromatic N) is 2. The lowest BCUT2D eigenvalue weighted by Crippen LogP contribution is -2.41. The summed E-state index contributed by atoms with van der Waals surface area (Å²) in [7, 11) is -3.19. The van der Waals surface area contributed by atoms with E-state index in [1.165, 1.54) is 0 Å². The fraction of sp³-hybridized carbons (Fsp3) is 0.500. The number of nitrogens with one attached hydrogen (secondary N) is 1. The molecule has 0 fully saturated rings. The number of aryl methyl sites for hydroxylation is 1. The fourth-order valence-corrected chi connectivity index (χ4v) is 4.00. The summed E-state index contributed by atoms with van der Waals surface area (Å²) in [5, 5.41) is 3.46. The van der Waals surface area contributed by atoms with E-state index >= 15 is 0 Å². The van der Waals surface area contributed by atoms with Crippen molar-refractivity contribution in [2.24, 2.45) is 0 Å². The Kier molecular flexibility index (Phi) is 8.09. The van der Waals surface area contributed by atoms with Crippen LogP contribution in [0.25, 0.3) is 0 Å². The first-order chi connectivity index (χ1) is 14.2. The first-order valence-corrected chi connectivity index (χ1v) is 17.2. The molecule has 0 bridgehead atoms. The summed E-state index contributed by atoms with van der Waals surface area (Å²) in [5.41, 5.74) is 6.47. The molecule has 2 rings (SSSR count). The molecule has 1 aromatic carbocycles. The third-order valence-electron chi connectivity index (χ3n) is 5.15. The fourth-order valence-electron chi connectivity index (χ4n) is 2.46. The van der Waals surface area contributed by atoms with Crippen LogP contribution in [0.15, 0.2) is 30.5 Å². The number of hydrogen-bond donors (Lipinski definition) is 1. The van der Waals surface area contributed by atoms with Crippen molar-refractivity contribution in [3.8, 4) is 17.3 Å². The Hall–Kier alpha value is -2.15. The molecule has 168 valence electrons. The molecule has 31 heavy (non-hydrogen) atoms. The van der Waals surface area contributed by atoms with Gasteiger partial charge in [-0.3, -0.25) is 0 Å². The predicted octanol–water partition coefficient (Wildman–Crippen LogP) is 6.16. The van der Waals surface area contributed by atoms with Crippen LogP contribution in [0.2, 0.25) is 37.8 Å². The van der Waals surface area contributed by atoms with Crippen molar-refractivity contribution in [1.29, 1.82) is 0 Å². The first kappa shape index (κ1) is 25.1. The van der Waals surface area contributed by atoms with Crippen LogP contribution in [0, 0.1) is 18.4 Å². The Balaban J connectivity index is 2.01. The van der Waals surface area contributed by atoms with Gasteiger partial charge in [-0.15, -0.1) is 5.54 Å². The van der Waals surface area contributed by atoms with Gasteiger partial charge in [0.2, 0.25) is 11.8 Å². The van der Waals surface area contributed by atoms with Crippen LogP contribution in [0.5, 0.6) is 5.88 Å². The Morgan fingerprint density at radius 3 is 2.39 bits per heavy atom. The summed E-state index contributed by atoms with van der Waals surface area (Å²) >= 11 is 0. The molecule has 0 saturated heterocycles. The molecule has 1 N–H and O–H groups in total. The van der Waals surface area contributed by atoms with Gasteiger partial charge in [0.05, 0.1) is 6.61 Å². The van der Waals surface area contributed by atoms with Crippen molar-refractivity contribution >= 4 is 28.0 Å². The predicted molar refractivity (Wildman–Crippen MR) is 135 cm³/mol. The Morgan fingerprint density at radius 2 is 1.74 bits per heavy atom. The number of anilines is 2. The summed E-state index contributed by atoms with van der Waals surface area (Å²) in [4.78, 5) is 8.80. The van der Waals surface area contributed by atoms with Gasteiger partial charge in [-0.2, -0.15) is 4.98 Å². The van der Waals surface area contributed by atoms with Crippen LogP contribution in [0.1, 0.15) is 31.9 Å². The largest absolute Gasteiger partial charge is 0.475 e. The zero-order valence-corrected chi connectivity index (χ0v) is 22.5. The second-order valence-electron chi connectivity index (χ2n) is 10.4. The van der Waals surface area contributed by atoms with Gasteiger partial charge in [-0.1, -0.05) is 46.3 Å². The number of ether oxygens (including phenoxy) is 1. The van der Waals surface area contributed by atoms with E-state index in [0.29, 0.717) is 25.0 Å². The van der Waals surface area contributed by atoms with E-state index in [4.69, 9.17) is 9.16 Å². The molecule has 0 radical (unpaired) electrons. The molecule has 0 saturated carbocycles. The molecule has 0 aliphatic rings. The highest BCUT2D eigenvalue weighted by Crippen LogP contribution is 2.36. The number of aromatic nitrogens is 2. The zero-order chi connectivity index (χ0) is 23.3. The molecule has 1 heterocycles. The lowest BCUT2D eigenvalue weighted by Gasteiger charge is -2.36. The number of benzene rings is 1. The van der Waals surface area contributed by atoms with Crippen molar-refractivity contribution in [2.45, 2.75) is 65.5 Å². The van der Waals surface area contributed by atoms with Crippen LogP contribution in [0.4, 0.5) is 11.6 Å². The lowest BCUT2D eigenvalue weighted by molar-refractivity contribution is 0.199. The third-order valence-corrected chi connectivity index (χ3v) is 10.6. The van der Waals surface area contributed by atoms with Gasteiger partial charge < -0.3 is 14.5 Å². The molecule has 1 aromatic heterocycles. The molecule has 0 aliphatic heterocycles. The molecule has 0 unspecified atom stereocenters. The van der Waals surface area contributed by atoms with Gasteiger partial charge in [0.25, 0.3) is 0 Å². The highest BCUT2D eigenvalue weighted by atomic mass is 28.4. The minimum Gasteiger partial charge on any atom is -0.475 e. The molecule has 0 spiro atoms. The minimum absolute atomic E-state index is 0.186. The van der Waals surface area contributed by atoms with E-state index in [0.717, 1.165) is 16.8 Å². The monoisotopic (exact) mass is 455 g/mol. The molecule has 7 heteroatoms. The Morgan fingerprint density at radius 1 is 1.03 bits per heavy atom. The van der Waals surface area contributed by atoms with Crippen LogP contribution >= 0.6 is 0 Å². The van der Waals surface area contributed by atoms with Gasteiger partial charge in [-0.25, -0.2) is 4.98 Å². The highest BCUT2D eigenvalue weighted by Gasteiger charge is 2.36. The molecule has 5 nitrogen and oxygen atoms in total. The molecule has 0 aliphatic carbocycles. The molecular formula is C24H37N3O2Si2. The van der Waals surface area contributed by atoms with E-state index in [1.54, 1.807) is 12.3 Å². The van der Waals surface area contributed by atoms with E-state index in [9.17, 15) is 0 Å². The van der Waals surface area contributed by atoms with E-state index in [2.05, 4.69) is 99.3 Å². The minimum atomic E-state index is -1.77.